The fraction of sp³-hybridized carbons (Fsp3) is 0.211. The number of rotatable bonds is 6. The number of allylic oxidation sites excluding steroid dienone is 1. The number of hydrogen-bond acceptors (Lipinski definition) is 5. The third-order valence-corrected chi connectivity index (χ3v) is 6.39. The molecule has 0 saturated heterocycles. The molecular weight excluding hydrogens is 366 g/mol. The lowest BCUT2D eigenvalue weighted by Gasteiger charge is -2.12. The number of nitrogens with two attached hydrogens (primary N) is 1. The molecule has 0 spiro atoms. The molecule has 1 atom stereocenters. The van der Waals surface area contributed by atoms with Crippen molar-refractivity contribution in [3.05, 3.63) is 58.9 Å². The Hall–Kier alpha value is -2.38. The number of fused-ring (bicyclic) bond motifs is 1. The fourth-order valence-electron chi connectivity index (χ4n) is 2.66. The molecule has 7 heteroatoms. The van der Waals surface area contributed by atoms with Gasteiger partial charge in [-0.1, -0.05) is 48.2 Å². The van der Waals surface area contributed by atoms with Gasteiger partial charge in [-0.05, 0) is 25.0 Å². The predicted molar refractivity (Wildman–Crippen MR) is 109 cm³/mol. The number of carbonyl (C=O) groups is 1. The van der Waals surface area contributed by atoms with E-state index in [0.29, 0.717) is 21.9 Å². The molecule has 0 saturated carbocycles. The first kappa shape index (κ1) is 18.4. The van der Waals surface area contributed by atoms with Crippen molar-refractivity contribution in [2.75, 3.05) is 0 Å². The van der Waals surface area contributed by atoms with Crippen LogP contribution in [-0.4, -0.2) is 20.7 Å². The van der Waals surface area contributed by atoms with Gasteiger partial charge in [-0.25, -0.2) is 4.98 Å². The minimum absolute atomic E-state index is 0.120. The molecule has 2 heterocycles. The van der Waals surface area contributed by atoms with Gasteiger partial charge in [0.05, 0.1) is 10.6 Å². The van der Waals surface area contributed by atoms with E-state index in [0.717, 1.165) is 16.0 Å². The molecule has 0 radical (unpaired) electrons. The summed E-state index contributed by atoms with van der Waals surface area (Å²) in [6, 6.07) is 9.94. The lowest BCUT2D eigenvalue weighted by Crippen LogP contribution is -2.27. The molecule has 3 aromatic rings. The maximum Gasteiger partial charge on any atom is 0.263 e. The fourth-order valence-corrected chi connectivity index (χ4v) is 4.75. The Kier molecular flexibility index (Phi) is 5.29. The number of nitrogens with zero attached hydrogens (tertiary/aromatic N) is 2. The molecule has 0 bridgehead atoms. The molecular formula is C19H19N3O2S2. The summed E-state index contributed by atoms with van der Waals surface area (Å²) in [6.45, 7) is 7.70. The molecule has 3 rings (SSSR count). The van der Waals surface area contributed by atoms with Gasteiger partial charge in [-0.2, -0.15) is 0 Å². The Bertz CT molecular complexity index is 1040. The Labute approximate surface area is 159 Å². The van der Waals surface area contributed by atoms with Crippen molar-refractivity contribution in [3.8, 4) is 10.4 Å². The van der Waals surface area contributed by atoms with E-state index in [9.17, 15) is 9.59 Å². The summed E-state index contributed by atoms with van der Waals surface area (Å²) in [5.74, 6) is -0.443. The van der Waals surface area contributed by atoms with E-state index in [2.05, 4.69) is 11.6 Å². The lowest BCUT2D eigenvalue weighted by molar-refractivity contribution is -0.117. The van der Waals surface area contributed by atoms with Gasteiger partial charge in [0.25, 0.3) is 5.56 Å². The van der Waals surface area contributed by atoms with Gasteiger partial charge < -0.3 is 5.73 Å². The smallest absolute Gasteiger partial charge is 0.263 e. The molecule has 134 valence electrons. The number of primary amides is 1. The standard InChI is InChI=1S/C19H19N3O2S2/c1-4-10-22-18(24)14-11(2)15(13-8-6-5-7-9-13)26-17(14)21-19(22)25-12(3)16(20)23/h4-9,12H,1,10H2,2-3H3,(H2,20,23). The van der Waals surface area contributed by atoms with Crippen molar-refractivity contribution in [1.29, 1.82) is 0 Å². The van der Waals surface area contributed by atoms with Crippen molar-refractivity contribution in [3.63, 3.8) is 0 Å². The van der Waals surface area contributed by atoms with E-state index in [1.807, 2.05) is 37.3 Å². The third-order valence-electron chi connectivity index (χ3n) is 4.05. The summed E-state index contributed by atoms with van der Waals surface area (Å²) in [4.78, 5) is 30.9. The molecule has 2 aromatic heterocycles. The Morgan fingerprint density at radius 3 is 2.73 bits per heavy atom. The molecule has 1 unspecified atom stereocenters. The van der Waals surface area contributed by atoms with E-state index in [-0.39, 0.29) is 5.56 Å². The molecule has 0 aliphatic heterocycles. The van der Waals surface area contributed by atoms with Crippen LogP contribution in [0.25, 0.3) is 20.7 Å². The Morgan fingerprint density at radius 2 is 2.12 bits per heavy atom. The highest BCUT2D eigenvalue weighted by Crippen LogP contribution is 2.36. The maximum absolute atomic E-state index is 13.1. The summed E-state index contributed by atoms with van der Waals surface area (Å²) >= 11 is 2.68. The van der Waals surface area contributed by atoms with Crippen molar-refractivity contribution in [1.82, 2.24) is 9.55 Å². The van der Waals surface area contributed by atoms with Crippen LogP contribution in [0.15, 0.2) is 52.9 Å². The highest BCUT2D eigenvalue weighted by atomic mass is 32.2. The second-order valence-corrected chi connectivity index (χ2v) is 8.17. The van der Waals surface area contributed by atoms with Crippen molar-refractivity contribution in [2.45, 2.75) is 30.8 Å². The van der Waals surface area contributed by atoms with Gasteiger partial charge in [-0.15, -0.1) is 17.9 Å². The molecule has 5 nitrogen and oxygen atoms in total. The zero-order chi connectivity index (χ0) is 18.8. The minimum Gasteiger partial charge on any atom is -0.369 e. The van der Waals surface area contributed by atoms with Gasteiger partial charge >= 0.3 is 0 Å². The van der Waals surface area contributed by atoms with Gasteiger partial charge in [-0.3, -0.25) is 14.2 Å². The highest BCUT2D eigenvalue weighted by molar-refractivity contribution is 8.00. The topological polar surface area (TPSA) is 78.0 Å². The molecule has 1 aromatic carbocycles. The second-order valence-electron chi connectivity index (χ2n) is 5.86. The molecule has 0 aliphatic carbocycles. The summed E-state index contributed by atoms with van der Waals surface area (Å²) in [5.41, 5.74) is 7.23. The number of hydrogen-bond donors (Lipinski definition) is 1. The average molecular weight is 386 g/mol. The van der Waals surface area contributed by atoms with E-state index < -0.39 is 11.2 Å². The third kappa shape index (κ3) is 3.32. The zero-order valence-electron chi connectivity index (χ0n) is 14.6. The van der Waals surface area contributed by atoms with Crippen molar-refractivity contribution in [2.24, 2.45) is 5.73 Å². The first-order valence-electron chi connectivity index (χ1n) is 8.10. The van der Waals surface area contributed by atoms with Crippen LogP contribution in [0.3, 0.4) is 0 Å². The SMILES string of the molecule is C=CCn1c(SC(C)C(N)=O)nc2sc(-c3ccccc3)c(C)c2c1=O. The number of carbonyl (C=O) groups excluding carboxylic acids is 1. The molecule has 0 fully saturated rings. The summed E-state index contributed by atoms with van der Waals surface area (Å²) in [6.07, 6.45) is 1.65. The molecule has 1 amide bonds. The first-order chi connectivity index (χ1) is 12.4. The Morgan fingerprint density at radius 1 is 1.42 bits per heavy atom. The monoisotopic (exact) mass is 385 g/mol. The lowest BCUT2D eigenvalue weighted by atomic mass is 10.1. The van der Waals surface area contributed by atoms with Crippen LogP contribution >= 0.6 is 23.1 Å². The molecule has 26 heavy (non-hydrogen) atoms. The van der Waals surface area contributed by atoms with E-state index in [1.54, 1.807) is 17.6 Å². The number of benzene rings is 1. The minimum atomic E-state index is -0.481. The first-order valence-corrected chi connectivity index (χ1v) is 9.80. The number of thioether (sulfide) groups is 1. The van der Waals surface area contributed by atoms with Crippen LogP contribution < -0.4 is 11.3 Å². The van der Waals surface area contributed by atoms with Crippen LogP contribution in [0.1, 0.15) is 12.5 Å². The summed E-state index contributed by atoms with van der Waals surface area (Å²) in [5, 5.41) is 0.617. The second kappa shape index (κ2) is 7.47. The molecule has 0 aliphatic rings. The largest absolute Gasteiger partial charge is 0.369 e. The quantitative estimate of drug-likeness (QED) is 0.400. The van der Waals surface area contributed by atoms with Gasteiger partial charge in [0.2, 0.25) is 5.91 Å². The molecule has 2 N–H and O–H groups in total. The van der Waals surface area contributed by atoms with Crippen molar-refractivity contribution < 1.29 is 4.79 Å². The zero-order valence-corrected chi connectivity index (χ0v) is 16.2. The predicted octanol–water partition coefficient (Wildman–Crippen LogP) is 3.59. The summed E-state index contributed by atoms with van der Waals surface area (Å²) in [7, 11) is 0. The van der Waals surface area contributed by atoms with Crippen LogP contribution in [0, 0.1) is 6.92 Å². The van der Waals surface area contributed by atoms with Gasteiger partial charge in [0, 0.05) is 11.4 Å². The average Bonchev–Trinajstić information content (AvgIpc) is 2.95. The number of amides is 1. The number of aryl methyl sites for hydroxylation is 1. The van der Waals surface area contributed by atoms with Crippen LogP contribution in [0.2, 0.25) is 0 Å². The van der Waals surface area contributed by atoms with Crippen molar-refractivity contribution >= 4 is 39.2 Å². The van der Waals surface area contributed by atoms with Gasteiger partial charge in [0.15, 0.2) is 5.16 Å². The van der Waals surface area contributed by atoms with Gasteiger partial charge in [0.1, 0.15) is 4.83 Å². The number of thiophene rings is 1. The maximum atomic E-state index is 13.1. The summed E-state index contributed by atoms with van der Waals surface area (Å²) < 4.78 is 1.55. The normalized spacial score (nSPS) is 12.2. The van der Waals surface area contributed by atoms with E-state index >= 15 is 0 Å². The van der Waals surface area contributed by atoms with Crippen LogP contribution in [0.4, 0.5) is 0 Å². The highest BCUT2D eigenvalue weighted by Gasteiger charge is 2.21. The van der Waals surface area contributed by atoms with Crippen LogP contribution in [-0.2, 0) is 11.3 Å². The van der Waals surface area contributed by atoms with Crippen LogP contribution in [0.5, 0.6) is 0 Å². The van der Waals surface area contributed by atoms with E-state index in [4.69, 9.17) is 5.73 Å². The van der Waals surface area contributed by atoms with E-state index in [1.165, 1.54) is 23.1 Å². The number of aromatic nitrogens is 2. The Balaban J connectivity index is 2.24.